The number of rotatable bonds is 7. The maximum Gasteiger partial charge on any atom is 0.131 e. The molecule has 108 valence electrons. The monoisotopic (exact) mass is 274 g/mol. The molecule has 1 N–H and O–H groups in total. The molecule has 0 aliphatic heterocycles. The molecule has 1 heterocycles. The van der Waals surface area contributed by atoms with E-state index in [0.29, 0.717) is 19.8 Å². The smallest absolute Gasteiger partial charge is 0.131 e. The van der Waals surface area contributed by atoms with Gasteiger partial charge in [-0.2, -0.15) is 0 Å². The summed E-state index contributed by atoms with van der Waals surface area (Å²) < 4.78 is 11.2. The summed E-state index contributed by atoms with van der Waals surface area (Å²) in [7, 11) is 1.88. The van der Waals surface area contributed by atoms with E-state index >= 15 is 0 Å². The van der Waals surface area contributed by atoms with Crippen LogP contribution in [0.2, 0.25) is 0 Å². The molecule has 4 nitrogen and oxygen atoms in total. The molecule has 0 saturated heterocycles. The highest BCUT2D eigenvalue weighted by Gasteiger charge is 2.08. The summed E-state index contributed by atoms with van der Waals surface area (Å²) in [6.45, 7) is 5.86. The van der Waals surface area contributed by atoms with E-state index in [2.05, 4.69) is 22.4 Å². The lowest BCUT2D eigenvalue weighted by atomic mass is 10.1. The van der Waals surface area contributed by atoms with Gasteiger partial charge in [-0.3, -0.25) is 0 Å². The second-order valence-electron chi connectivity index (χ2n) is 4.72. The van der Waals surface area contributed by atoms with Gasteiger partial charge in [0.15, 0.2) is 0 Å². The first-order chi connectivity index (χ1) is 9.74. The zero-order valence-corrected chi connectivity index (χ0v) is 12.3. The van der Waals surface area contributed by atoms with Crippen molar-refractivity contribution in [3.8, 4) is 0 Å². The van der Waals surface area contributed by atoms with Gasteiger partial charge in [0, 0.05) is 24.6 Å². The Bertz CT molecular complexity index is 557. The molecule has 2 rings (SSSR count). The molecule has 0 amide bonds. The zero-order chi connectivity index (χ0) is 14.4. The Hall–Kier alpha value is -1.65. The molecule has 0 bridgehead atoms. The van der Waals surface area contributed by atoms with Crippen molar-refractivity contribution in [2.75, 3.05) is 25.6 Å². The van der Waals surface area contributed by atoms with E-state index in [-0.39, 0.29) is 6.10 Å². The van der Waals surface area contributed by atoms with E-state index in [4.69, 9.17) is 9.47 Å². The molecule has 0 spiro atoms. The van der Waals surface area contributed by atoms with Gasteiger partial charge in [0.2, 0.25) is 0 Å². The number of hydrogen-bond acceptors (Lipinski definition) is 4. The van der Waals surface area contributed by atoms with Crippen LogP contribution in [0, 0.1) is 0 Å². The predicted molar refractivity (Wildman–Crippen MR) is 82.0 cm³/mol. The van der Waals surface area contributed by atoms with Crippen LogP contribution < -0.4 is 5.32 Å². The van der Waals surface area contributed by atoms with Crippen molar-refractivity contribution in [3.63, 3.8) is 0 Å². The molecule has 20 heavy (non-hydrogen) atoms. The number of benzene rings is 1. The van der Waals surface area contributed by atoms with Crippen molar-refractivity contribution >= 4 is 16.7 Å². The van der Waals surface area contributed by atoms with Crippen LogP contribution in [0.5, 0.6) is 0 Å². The number of hydrogen-bond donors (Lipinski definition) is 1. The molecule has 0 saturated carbocycles. The Labute approximate surface area is 120 Å². The van der Waals surface area contributed by atoms with E-state index in [1.54, 1.807) is 0 Å². The van der Waals surface area contributed by atoms with Crippen LogP contribution in [0.3, 0.4) is 0 Å². The van der Waals surface area contributed by atoms with E-state index in [1.165, 1.54) is 0 Å². The van der Waals surface area contributed by atoms with E-state index in [9.17, 15) is 0 Å². The number of fused-ring (bicyclic) bond motifs is 1. The van der Waals surface area contributed by atoms with Crippen molar-refractivity contribution in [2.45, 2.75) is 26.6 Å². The van der Waals surface area contributed by atoms with Gasteiger partial charge < -0.3 is 14.8 Å². The van der Waals surface area contributed by atoms with Crippen LogP contribution in [0.15, 0.2) is 30.3 Å². The van der Waals surface area contributed by atoms with Gasteiger partial charge in [-0.05, 0) is 26.0 Å². The average molecular weight is 274 g/mol. The summed E-state index contributed by atoms with van der Waals surface area (Å²) >= 11 is 0. The highest BCUT2D eigenvalue weighted by molar-refractivity contribution is 5.81. The lowest BCUT2D eigenvalue weighted by Crippen LogP contribution is -2.16. The van der Waals surface area contributed by atoms with Crippen LogP contribution in [-0.4, -0.2) is 31.3 Å². The molecule has 1 aromatic heterocycles. The summed E-state index contributed by atoms with van der Waals surface area (Å²) in [4.78, 5) is 4.61. The molecule has 1 atom stereocenters. The minimum Gasteiger partial charge on any atom is -0.379 e. The van der Waals surface area contributed by atoms with Crippen LogP contribution in [0.25, 0.3) is 10.9 Å². The number of aromatic nitrogens is 1. The number of nitrogens with one attached hydrogen (secondary N) is 1. The molecule has 0 fully saturated rings. The first-order valence-electron chi connectivity index (χ1n) is 7.00. The van der Waals surface area contributed by atoms with Crippen molar-refractivity contribution < 1.29 is 9.47 Å². The van der Waals surface area contributed by atoms with E-state index in [1.807, 2.05) is 39.1 Å². The normalized spacial score (nSPS) is 12.6. The average Bonchev–Trinajstić information content (AvgIpc) is 2.49. The lowest BCUT2D eigenvalue weighted by Gasteiger charge is -2.15. The van der Waals surface area contributed by atoms with Gasteiger partial charge in [0.1, 0.15) is 5.82 Å². The van der Waals surface area contributed by atoms with Crippen molar-refractivity contribution in [2.24, 2.45) is 0 Å². The van der Waals surface area contributed by atoms with E-state index in [0.717, 1.165) is 22.3 Å². The molecule has 2 aromatic rings. The fourth-order valence-corrected chi connectivity index (χ4v) is 2.05. The molecule has 1 aromatic carbocycles. The summed E-state index contributed by atoms with van der Waals surface area (Å²) in [5.74, 6) is 0.868. The lowest BCUT2D eigenvalue weighted by molar-refractivity contribution is -0.0115. The van der Waals surface area contributed by atoms with Gasteiger partial charge in [-0.15, -0.1) is 0 Å². The molecule has 0 aliphatic carbocycles. The van der Waals surface area contributed by atoms with Crippen LogP contribution in [0.4, 0.5) is 5.82 Å². The molecule has 4 heteroatoms. The number of anilines is 1. The maximum atomic E-state index is 5.82. The van der Waals surface area contributed by atoms with Crippen LogP contribution in [0.1, 0.15) is 19.4 Å². The molecule has 1 unspecified atom stereocenters. The van der Waals surface area contributed by atoms with Gasteiger partial charge >= 0.3 is 0 Å². The quantitative estimate of drug-likeness (QED) is 0.842. The summed E-state index contributed by atoms with van der Waals surface area (Å²) in [6.07, 6.45) is 0.0751. The maximum absolute atomic E-state index is 5.82. The van der Waals surface area contributed by atoms with Crippen molar-refractivity contribution in [1.82, 2.24) is 4.98 Å². The standard InChI is InChI=1S/C16H22N2O2/c1-4-19-10-12(2)20-11-14-9-13-7-5-6-8-15(13)18-16(14)17-3/h5-9,12H,4,10-11H2,1-3H3,(H,17,18). The third kappa shape index (κ3) is 3.68. The predicted octanol–water partition coefficient (Wildman–Crippen LogP) is 3.22. The summed E-state index contributed by atoms with van der Waals surface area (Å²) in [5, 5.41) is 4.26. The van der Waals surface area contributed by atoms with Gasteiger partial charge in [-0.25, -0.2) is 4.98 Å². The summed E-state index contributed by atoms with van der Waals surface area (Å²) in [5.41, 5.74) is 2.05. The zero-order valence-electron chi connectivity index (χ0n) is 12.3. The molecular weight excluding hydrogens is 252 g/mol. The second-order valence-corrected chi connectivity index (χ2v) is 4.72. The Kier molecular flexibility index (Phi) is 5.32. The Morgan fingerprint density at radius 3 is 2.85 bits per heavy atom. The first-order valence-corrected chi connectivity index (χ1v) is 7.00. The fraction of sp³-hybridized carbons (Fsp3) is 0.438. The number of ether oxygens (including phenoxy) is 2. The number of para-hydroxylation sites is 1. The second kappa shape index (κ2) is 7.22. The van der Waals surface area contributed by atoms with Gasteiger partial charge in [0.25, 0.3) is 0 Å². The Morgan fingerprint density at radius 2 is 2.10 bits per heavy atom. The van der Waals surface area contributed by atoms with Crippen LogP contribution >= 0.6 is 0 Å². The molecular formula is C16H22N2O2. The molecule has 0 radical (unpaired) electrons. The number of nitrogens with zero attached hydrogens (tertiary/aromatic N) is 1. The van der Waals surface area contributed by atoms with Gasteiger partial charge in [-0.1, -0.05) is 18.2 Å². The highest BCUT2D eigenvalue weighted by Crippen LogP contribution is 2.21. The van der Waals surface area contributed by atoms with Crippen molar-refractivity contribution in [1.29, 1.82) is 0 Å². The molecule has 0 aliphatic rings. The first kappa shape index (κ1) is 14.8. The SMILES string of the molecule is CCOCC(C)OCc1cc2ccccc2nc1NC. The third-order valence-electron chi connectivity index (χ3n) is 3.12. The van der Waals surface area contributed by atoms with Crippen molar-refractivity contribution in [3.05, 3.63) is 35.9 Å². The van der Waals surface area contributed by atoms with E-state index < -0.39 is 0 Å². The Morgan fingerprint density at radius 1 is 1.30 bits per heavy atom. The largest absolute Gasteiger partial charge is 0.379 e. The van der Waals surface area contributed by atoms with Gasteiger partial charge in [0.05, 0.1) is 24.8 Å². The fourth-order valence-electron chi connectivity index (χ4n) is 2.05. The topological polar surface area (TPSA) is 43.4 Å². The third-order valence-corrected chi connectivity index (χ3v) is 3.12. The number of pyridine rings is 1. The van der Waals surface area contributed by atoms with Crippen LogP contribution in [-0.2, 0) is 16.1 Å². The summed E-state index contributed by atoms with van der Waals surface area (Å²) in [6, 6.07) is 10.2. The minimum absolute atomic E-state index is 0.0751. The minimum atomic E-state index is 0.0751. The highest BCUT2D eigenvalue weighted by atomic mass is 16.5. The Balaban J connectivity index is 2.11.